The number of nitrogens with zero attached hydrogens (tertiary/aromatic N) is 3. The van der Waals surface area contributed by atoms with Crippen LogP contribution >= 0.6 is 22.9 Å². The summed E-state index contributed by atoms with van der Waals surface area (Å²) in [4.78, 5) is 22.1. The van der Waals surface area contributed by atoms with Gasteiger partial charge in [-0.3, -0.25) is 9.36 Å². The van der Waals surface area contributed by atoms with Gasteiger partial charge in [0.2, 0.25) is 5.95 Å². The molecule has 0 saturated carbocycles. The number of imidazole rings is 1. The first-order valence-corrected chi connectivity index (χ1v) is 6.33. The van der Waals surface area contributed by atoms with Crippen LogP contribution in [0.1, 0.15) is 5.69 Å². The molecule has 3 heterocycles. The van der Waals surface area contributed by atoms with Crippen LogP contribution < -0.4 is 10.6 Å². The van der Waals surface area contributed by atoms with Crippen LogP contribution in [-0.2, 0) is 6.54 Å². The Bertz CT molecular complexity index is 774. The highest BCUT2D eigenvalue weighted by atomic mass is 35.5. The van der Waals surface area contributed by atoms with Crippen LogP contribution in [0.25, 0.3) is 11.2 Å². The molecule has 3 rings (SSSR count). The maximum atomic E-state index is 11.1. The number of anilines is 1. The fraction of sp³-hybridized carbons (Fsp3) is 0.100. The Morgan fingerprint density at radius 3 is 3.11 bits per heavy atom. The minimum absolute atomic E-state index is 0.0935. The zero-order valence-corrected chi connectivity index (χ0v) is 10.6. The Morgan fingerprint density at radius 1 is 1.56 bits per heavy atom. The van der Waals surface area contributed by atoms with Crippen LogP contribution in [0.4, 0.5) is 5.95 Å². The SMILES string of the molecule is Nc1nc2cc(Cl)cnc2n1Cc1csc(=O)[nH]1. The minimum Gasteiger partial charge on any atom is -0.369 e. The number of nitrogen functional groups attached to an aromatic ring is 1. The summed E-state index contributed by atoms with van der Waals surface area (Å²) in [6.45, 7) is 0.426. The summed E-state index contributed by atoms with van der Waals surface area (Å²) in [5.41, 5.74) is 7.89. The van der Waals surface area contributed by atoms with Gasteiger partial charge in [-0.15, -0.1) is 0 Å². The first-order valence-electron chi connectivity index (χ1n) is 5.07. The highest BCUT2D eigenvalue weighted by Gasteiger charge is 2.11. The van der Waals surface area contributed by atoms with E-state index in [-0.39, 0.29) is 4.87 Å². The van der Waals surface area contributed by atoms with Crippen molar-refractivity contribution in [3.8, 4) is 0 Å². The van der Waals surface area contributed by atoms with Crippen molar-refractivity contribution in [2.75, 3.05) is 5.73 Å². The summed E-state index contributed by atoms with van der Waals surface area (Å²) in [6, 6.07) is 1.70. The van der Waals surface area contributed by atoms with Crippen LogP contribution in [0.5, 0.6) is 0 Å². The van der Waals surface area contributed by atoms with Gasteiger partial charge in [-0.2, -0.15) is 0 Å². The third-order valence-electron chi connectivity index (χ3n) is 2.48. The lowest BCUT2D eigenvalue weighted by atomic mass is 10.4. The van der Waals surface area contributed by atoms with Crippen molar-refractivity contribution in [2.45, 2.75) is 6.54 Å². The van der Waals surface area contributed by atoms with Gasteiger partial charge in [0.15, 0.2) is 5.65 Å². The van der Waals surface area contributed by atoms with Crippen molar-refractivity contribution in [3.05, 3.63) is 38.0 Å². The van der Waals surface area contributed by atoms with Crippen molar-refractivity contribution in [2.24, 2.45) is 0 Å². The molecule has 8 heteroatoms. The van der Waals surface area contributed by atoms with Gasteiger partial charge in [0.25, 0.3) is 0 Å². The zero-order valence-electron chi connectivity index (χ0n) is 9.05. The first-order chi connectivity index (χ1) is 8.63. The largest absolute Gasteiger partial charge is 0.369 e. The molecule has 0 atom stereocenters. The topological polar surface area (TPSA) is 89.6 Å². The molecule has 6 nitrogen and oxygen atoms in total. The molecule has 3 aromatic rings. The summed E-state index contributed by atoms with van der Waals surface area (Å²) in [5.74, 6) is 0.340. The van der Waals surface area contributed by atoms with E-state index in [4.69, 9.17) is 17.3 Å². The summed E-state index contributed by atoms with van der Waals surface area (Å²) < 4.78 is 1.73. The summed E-state index contributed by atoms with van der Waals surface area (Å²) in [5, 5.41) is 2.26. The van der Waals surface area contributed by atoms with Crippen LogP contribution in [0.3, 0.4) is 0 Å². The molecule has 92 valence electrons. The molecule has 0 unspecified atom stereocenters. The number of H-pyrrole nitrogens is 1. The molecule has 3 N–H and O–H groups in total. The number of aromatic amines is 1. The molecule has 0 aliphatic heterocycles. The molecule has 0 aliphatic carbocycles. The van der Waals surface area contributed by atoms with Crippen LogP contribution in [0, 0.1) is 0 Å². The number of thiazole rings is 1. The van der Waals surface area contributed by atoms with Crippen LogP contribution in [-0.4, -0.2) is 19.5 Å². The molecule has 0 aliphatic rings. The van der Waals surface area contributed by atoms with Gasteiger partial charge in [-0.1, -0.05) is 22.9 Å². The lowest BCUT2D eigenvalue weighted by Crippen LogP contribution is -2.07. The second-order valence-corrected chi connectivity index (χ2v) is 5.00. The van der Waals surface area contributed by atoms with Crippen molar-refractivity contribution >= 4 is 40.0 Å². The Kier molecular flexibility index (Phi) is 2.57. The van der Waals surface area contributed by atoms with Gasteiger partial charge in [0.05, 0.1) is 11.6 Å². The number of hydrogen-bond donors (Lipinski definition) is 2. The predicted octanol–water partition coefficient (Wildman–Crippen LogP) is 1.46. The number of hydrogen-bond acceptors (Lipinski definition) is 5. The minimum atomic E-state index is -0.0935. The summed E-state index contributed by atoms with van der Waals surface area (Å²) >= 11 is 6.96. The number of aromatic nitrogens is 4. The van der Waals surface area contributed by atoms with E-state index in [0.29, 0.717) is 28.7 Å². The third-order valence-corrected chi connectivity index (χ3v) is 3.41. The van der Waals surface area contributed by atoms with Gasteiger partial charge in [-0.05, 0) is 6.07 Å². The van der Waals surface area contributed by atoms with E-state index in [1.165, 1.54) is 6.20 Å². The highest BCUT2D eigenvalue weighted by molar-refractivity contribution is 7.07. The van der Waals surface area contributed by atoms with E-state index < -0.39 is 0 Å². The first kappa shape index (κ1) is 11.2. The second kappa shape index (κ2) is 4.11. The fourth-order valence-corrected chi connectivity index (χ4v) is 2.45. The van der Waals surface area contributed by atoms with E-state index in [9.17, 15) is 4.79 Å². The molecule has 0 saturated heterocycles. The average molecular weight is 282 g/mol. The smallest absolute Gasteiger partial charge is 0.304 e. The molecule has 3 aromatic heterocycles. The van der Waals surface area contributed by atoms with E-state index in [1.54, 1.807) is 16.0 Å². The van der Waals surface area contributed by atoms with E-state index in [0.717, 1.165) is 17.0 Å². The van der Waals surface area contributed by atoms with Crippen LogP contribution in [0.15, 0.2) is 22.4 Å². The Labute approximate surface area is 110 Å². The lowest BCUT2D eigenvalue weighted by molar-refractivity contribution is 0.804. The molecule has 0 fully saturated rings. The summed E-state index contributed by atoms with van der Waals surface area (Å²) in [7, 11) is 0. The molecule has 0 aromatic carbocycles. The predicted molar refractivity (Wildman–Crippen MR) is 71.0 cm³/mol. The fourth-order valence-electron chi connectivity index (χ4n) is 1.72. The number of nitrogens with two attached hydrogens (primary N) is 1. The molecule has 0 bridgehead atoms. The van der Waals surface area contributed by atoms with E-state index in [1.807, 2.05) is 0 Å². The monoisotopic (exact) mass is 281 g/mol. The van der Waals surface area contributed by atoms with Gasteiger partial charge < -0.3 is 10.7 Å². The van der Waals surface area contributed by atoms with Gasteiger partial charge >= 0.3 is 4.87 Å². The van der Waals surface area contributed by atoms with Crippen LogP contribution in [0.2, 0.25) is 5.02 Å². The number of nitrogens with one attached hydrogen (secondary N) is 1. The number of halogens is 1. The normalized spacial score (nSPS) is 11.2. The van der Waals surface area contributed by atoms with Gasteiger partial charge in [0, 0.05) is 17.3 Å². The van der Waals surface area contributed by atoms with Crippen molar-refractivity contribution in [3.63, 3.8) is 0 Å². The quantitative estimate of drug-likeness (QED) is 0.744. The standard InChI is InChI=1S/C10H8ClN5OS/c11-5-1-7-8(13-2-5)16(9(12)15-7)3-6-4-18-10(17)14-6/h1-2,4H,3H2,(H2,12,15)(H,14,17). The second-order valence-electron chi connectivity index (χ2n) is 3.73. The van der Waals surface area contributed by atoms with Crippen molar-refractivity contribution < 1.29 is 0 Å². The highest BCUT2D eigenvalue weighted by Crippen LogP contribution is 2.20. The van der Waals surface area contributed by atoms with Crippen molar-refractivity contribution in [1.29, 1.82) is 0 Å². The van der Waals surface area contributed by atoms with E-state index in [2.05, 4.69) is 15.0 Å². The molecule has 0 radical (unpaired) electrons. The lowest BCUT2D eigenvalue weighted by Gasteiger charge is -2.03. The Hall–Kier alpha value is -1.86. The molecular weight excluding hydrogens is 274 g/mol. The van der Waals surface area contributed by atoms with Gasteiger partial charge in [-0.25, -0.2) is 9.97 Å². The maximum absolute atomic E-state index is 11.1. The molecular formula is C10H8ClN5OS. The zero-order chi connectivity index (χ0) is 12.7. The Morgan fingerprint density at radius 2 is 2.39 bits per heavy atom. The molecule has 0 amide bonds. The number of fused-ring (bicyclic) bond motifs is 1. The van der Waals surface area contributed by atoms with Crippen molar-refractivity contribution in [1.82, 2.24) is 19.5 Å². The van der Waals surface area contributed by atoms with Gasteiger partial charge in [0.1, 0.15) is 5.52 Å². The Balaban J connectivity index is 2.11. The third kappa shape index (κ3) is 1.87. The average Bonchev–Trinajstić information content (AvgIpc) is 2.84. The maximum Gasteiger partial charge on any atom is 0.304 e. The number of rotatable bonds is 2. The van der Waals surface area contributed by atoms with E-state index >= 15 is 0 Å². The molecule has 0 spiro atoms. The summed E-state index contributed by atoms with van der Waals surface area (Å²) in [6.07, 6.45) is 1.54. The molecule has 18 heavy (non-hydrogen) atoms. The number of pyridine rings is 1.